The van der Waals surface area contributed by atoms with Crippen molar-refractivity contribution in [3.63, 3.8) is 0 Å². The fourth-order valence-electron chi connectivity index (χ4n) is 4.25. The van der Waals surface area contributed by atoms with Crippen molar-refractivity contribution in [3.05, 3.63) is 101 Å². The van der Waals surface area contributed by atoms with Crippen LogP contribution in [0.3, 0.4) is 0 Å². The Hall–Kier alpha value is -3.57. The van der Waals surface area contributed by atoms with Crippen LogP contribution in [-0.4, -0.2) is 36.1 Å². The maximum Gasteiger partial charge on any atom is 0.271 e. The number of ether oxygens (including phenoxy) is 2. The first-order valence-electron chi connectivity index (χ1n) is 10.4. The Balaban J connectivity index is 1.62. The number of hydrogen-bond acceptors (Lipinski definition) is 3. The lowest BCUT2D eigenvalue weighted by atomic mass is 9.97. The maximum absolute atomic E-state index is 13.7. The second-order valence-electron chi connectivity index (χ2n) is 7.70. The second kappa shape index (κ2) is 8.28. The van der Waals surface area contributed by atoms with Crippen molar-refractivity contribution in [3.8, 4) is 5.75 Å². The van der Waals surface area contributed by atoms with E-state index in [1.165, 1.54) is 0 Å². The molecule has 156 valence electrons. The third-order valence-electron chi connectivity index (χ3n) is 5.77. The largest absolute Gasteiger partial charge is 0.497 e. The molecule has 1 unspecified atom stereocenters. The van der Waals surface area contributed by atoms with Gasteiger partial charge in [-0.3, -0.25) is 4.79 Å². The molecular weight excluding hydrogens is 388 g/mol. The van der Waals surface area contributed by atoms with Gasteiger partial charge in [-0.15, -0.1) is 0 Å². The van der Waals surface area contributed by atoms with E-state index in [-0.39, 0.29) is 12.0 Å². The number of aromatic amines is 1. The quantitative estimate of drug-likeness (QED) is 0.517. The molecule has 2 heterocycles. The number of rotatable bonds is 4. The molecule has 1 N–H and O–H groups in total. The summed E-state index contributed by atoms with van der Waals surface area (Å²) in [6.45, 7) is 1.50. The first kappa shape index (κ1) is 19.4. The number of carbonyl (C=O) groups excluding carboxylic acids is 1. The Morgan fingerprint density at radius 3 is 2.68 bits per heavy atom. The lowest BCUT2D eigenvalue weighted by molar-refractivity contribution is 0.0401. The van der Waals surface area contributed by atoms with E-state index in [9.17, 15) is 4.79 Å². The van der Waals surface area contributed by atoms with Crippen LogP contribution in [0.5, 0.6) is 5.75 Å². The van der Waals surface area contributed by atoms with Crippen molar-refractivity contribution in [2.75, 3.05) is 20.3 Å². The minimum atomic E-state index is -0.357. The summed E-state index contributed by atoms with van der Waals surface area (Å²) in [5, 5.41) is 1.00. The molecule has 0 saturated carbocycles. The van der Waals surface area contributed by atoms with Gasteiger partial charge in [0.2, 0.25) is 0 Å². The molecule has 0 aliphatic carbocycles. The summed E-state index contributed by atoms with van der Waals surface area (Å²) in [6, 6.07) is 25.9. The van der Waals surface area contributed by atoms with Crippen LogP contribution >= 0.6 is 0 Å². The van der Waals surface area contributed by atoms with Crippen LogP contribution in [0.2, 0.25) is 0 Å². The van der Waals surface area contributed by atoms with Gasteiger partial charge in [-0.25, -0.2) is 0 Å². The standard InChI is InChI=1S/C26H24N2O3/c1-30-20-11-7-10-19(16-20)25-23-21-12-5-6-13-22(21)27-24(23)26(29)28(14-15-31-25)17-18-8-3-2-4-9-18/h2-13,16,25,27H,14-15,17H2,1H3. The molecule has 1 aliphatic heterocycles. The zero-order chi connectivity index (χ0) is 21.2. The van der Waals surface area contributed by atoms with E-state index in [1.807, 2.05) is 83.8 Å². The molecule has 4 aromatic rings. The van der Waals surface area contributed by atoms with Gasteiger partial charge in [0.15, 0.2) is 0 Å². The molecule has 0 bridgehead atoms. The van der Waals surface area contributed by atoms with Crippen molar-refractivity contribution in [2.45, 2.75) is 12.6 Å². The van der Waals surface area contributed by atoms with E-state index in [0.29, 0.717) is 25.4 Å². The lowest BCUT2D eigenvalue weighted by Gasteiger charge is -2.29. The van der Waals surface area contributed by atoms with Crippen LogP contribution in [0, 0.1) is 0 Å². The van der Waals surface area contributed by atoms with Gasteiger partial charge < -0.3 is 19.4 Å². The molecule has 1 amide bonds. The summed E-state index contributed by atoms with van der Waals surface area (Å²) in [5.74, 6) is 0.757. The number of nitrogens with zero attached hydrogens (tertiary/aromatic N) is 1. The van der Waals surface area contributed by atoms with Crippen molar-refractivity contribution >= 4 is 16.8 Å². The zero-order valence-corrected chi connectivity index (χ0v) is 17.4. The average molecular weight is 412 g/mol. The summed E-state index contributed by atoms with van der Waals surface area (Å²) in [7, 11) is 1.65. The Morgan fingerprint density at radius 2 is 1.84 bits per heavy atom. The SMILES string of the molecule is COc1cccc(C2OCCN(Cc3ccccc3)C(=O)c3[nH]c4ccccc4c32)c1. The van der Waals surface area contributed by atoms with E-state index in [1.54, 1.807) is 7.11 Å². The van der Waals surface area contributed by atoms with E-state index >= 15 is 0 Å². The van der Waals surface area contributed by atoms with Gasteiger partial charge in [0, 0.05) is 29.6 Å². The van der Waals surface area contributed by atoms with Gasteiger partial charge in [0.25, 0.3) is 5.91 Å². The van der Waals surface area contributed by atoms with Crippen LogP contribution in [0.4, 0.5) is 0 Å². The van der Waals surface area contributed by atoms with Crippen LogP contribution in [-0.2, 0) is 11.3 Å². The minimum absolute atomic E-state index is 0.00810. The highest BCUT2D eigenvalue weighted by Gasteiger charge is 2.31. The van der Waals surface area contributed by atoms with Gasteiger partial charge in [0.05, 0.1) is 13.7 Å². The van der Waals surface area contributed by atoms with Crippen LogP contribution < -0.4 is 4.74 Å². The predicted octanol–water partition coefficient (Wildman–Crippen LogP) is 4.94. The Morgan fingerprint density at radius 1 is 1.03 bits per heavy atom. The highest BCUT2D eigenvalue weighted by Crippen LogP contribution is 2.37. The van der Waals surface area contributed by atoms with Gasteiger partial charge in [-0.2, -0.15) is 0 Å². The smallest absolute Gasteiger partial charge is 0.271 e. The Kier molecular flexibility index (Phi) is 5.18. The normalized spacial score (nSPS) is 16.6. The van der Waals surface area contributed by atoms with Crippen LogP contribution in [0.1, 0.15) is 33.3 Å². The molecule has 0 saturated heterocycles. The van der Waals surface area contributed by atoms with E-state index in [2.05, 4.69) is 4.98 Å². The first-order valence-corrected chi connectivity index (χ1v) is 10.4. The first-order chi connectivity index (χ1) is 15.2. The highest BCUT2D eigenvalue weighted by atomic mass is 16.5. The van der Waals surface area contributed by atoms with Gasteiger partial charge >= 0.3 is 0 Å². The zero-order valence-electron chi connectivity index (χ0n) is 17.4. The maximum atomic E-state index is 13.7. The number of amides is 1. The number of carbonyl (C=O) groups is 1. The van der Waals surface area contributed by atoms with E-state index in [0.717, 1.165) is 33.3 Å². The molecule has 1 aromatic heterocycles. The van der Waals surface area contributed by atoms with Crippen LogP contribution in [0.25, 0.3) is 10.9 Å². The molecule has 5 nitrogen and oxygen atoms in total. The number of hydrogen-bond donors (Lipinski definition) is 1. The minimum Gasteiger partial charge on any atom is -0.497 e. The molecule has 1 aliphatic rings. The number of aromatic nitrogens is 1. The average Bonchev–Trinajstić information content (AvgIpc) is 3.19. The summed E-state index contributed by atoms with van der Waals surface area (Å²) < 4.78 is 11.8. The summed E-state index contributed by atoms with van der Waals surface area (Å²) in [6.07, 6.45) is -0.357. The molecule has 1 atom stereocenters. The predicted molar refractivity (Wildman–Crippen MR) is 120 cm³/mol. The third kappa shape index (κ3) is 3.68. The lowest BCUT2D eigenvalue weighted by Crippen LogP contribution is -2.36. The van der Waals surface area contributed by atoms with Crippen molar-refractivity contribution in [2.24, 2.45) is 0 Å². The Bertz CT molecular complexity index is 1220. The number of para-hydroxylation sites is 1. The Labute approximate surface area is 181 Å². The fourth-order valence-corrected chi connectivity index (χ4v) is 4.25. The van der Waals surface area contributed by atoms with Crippen molar-refractivity contribution < 1.29 is 14.3 Å². The van der Waals surface area contributed by atoms with Crippen molar-refractivity contribution in [1.82, 2.24) is 9.88 Å². The van der Waals surface area contributed by atoms with Crippen LogP contribution in [0.15, 0.2) is 78.9 Å². The molecule has 0 spiro atoms. The number of nitrogens with one attached hydrogen (secondary N) is 1. The van der Waals surface area contributed by atoms with E-state index < -0.39 is 0 Å². The van der Waals surface area contributed by atoms with E-state index in [4.69, 9.17) is 9.47 Å². The molecule has 0 fully saturated rings. The molecule has 5 rings (SSSR count). The topological polar surface area (TPSA) is 54.6 Å². The van der Waals surface area contributed by atoms with Gasteiger partial charge in [-0.1, -0.05) is 60.7 Å². The highest BCUT2D eigenvalue weighted by molar-refractivity contribution is 6.01. The molecular formula is C26H24N2O3. The summed E-state index contributed by atoms with van der Waals surface area (Å²) in [4.78, 5) is 18.9. The summed E-state index contributed by atoms with van der Waals surface area (Å²) in [5.41, 5.74) is 4.46. The summed E-state index contributed by atoms with van der Waals surface area (Å²) >= 11 is 0. The monoisotopic (exact) mass is 412 g/mol. The van der Waals surface area contributed by atoms with Crippen molar-refractivity contribution in [1.29, 1.82) is 0 Å². The molecule has 3 aromatic carbocycles. The number of H-pyrrole nitrogens is 1. The fraction of sp³-hybridized carbons (Fsp3) is 0.192. The molecule has 5 heteroatoms. The second-order valence-corrected chi connectivity index (χ2v) is 7.70. The number of methoxy groups -OCH3 is 1. The molecule has 0 radical (unpaired) electrons. The number of benzene rings is 3. The van der Waals surface area contributed by atoms with Gasteiger partial charge in [-0.05, 0) is 29.3 Å². The van der Waals surface area contributed by atoms with Gasteiger partial charge in [0.1, 0.15) is 17.5 Å². The molecule has 31 heavy (non-hydrogen) atoms. The number of fused-ring (bicyclic) bond motifs is 3. The third-order valence-corrected chi connectivity index (χ3v) is 5.77.